The topological polar surface area (TPSA) is 70.2 Å². The fourth-order valence-corrected chi connectivity index (χ4v) is 4.88. The molecule has 1 aliphatic heterocycles. The zero-order valence-corrected chi connectivity index (χ0v) is 14.0. The Morgan fingerprint density at radius 3 is 2.77 bits per heavy atom. The van der Waals surface area contributed by atoms with Gasteiger partial charge in [-0.3, -0.25) is 4.79 Å². The molecule has 1 amide bonds. The number of nitrogens with one attached hydrogen (secondary N) is 1. The van der Waals surface area contributed by atoms with Gasteiger partial charge in [0.05, 0.1) is 11.5 Å². The Bertz CT molecular complexity index is 857. The average Bonchev–Trinajstić information content (AvgIpc) is 2.98. The Kier molecular flexibility index (Phi) is 3.69. The lowest BCUT2D eigenvalue weighted by atomic mass is 10.1. The maximum absolute atomic E-state index is 12.7. The predicted molar refractivity (Wildman–Crippen MR) is 87.2 cm³/mol. The molecule has 1 aromatic heterocycles. The van der Waals surface area contributed by atoms with Gasteiger partial charge < -0.3 is 9.88 Å². The minimum Gasteiger partial charge on any atom is -0.350 e. The van der Waals surface area contributed by atoms with E-state index in [9.17, 15) is 13.2 Å². The normalized spacial score (nSPS) is 20.4. The standard InChI is InChI=1S/C15H17ClN2O3S/c1-9-12-7-10(16)3-4-13(12)17-14(9)15(19)18(2)11-5-6-22(20,21)8-11/h3-4,7,11,17H,5-6,8H2,1-2H3. The second kappa shape index (κ2) is 5.28. The molecule has 2 heterocycles. The molecule has 1 unspecified atom stereocenters. The summed E-state index contributed by atoms with van der Waals surface area (Å²) in [6.45, 7) is 1.86. The van der Waals surface area contributed by atoms with Crippen molar-refractivity contribution < 1.29 is 13.2 Å². The van der Waals surface area contributed by atoms with Crippen LogP contribution in [0.4, 0.5) is 0 Å². The van der Waals surface area contributed by atoms with Crippen molar-refractivity contribution in [2.75, 3.05) is 18.6 Å². The zero-order chi connectivity index (χ0) is 16.1. The highest BCUT2D eigenvalue weighted by molar-refractivity contribution is 7.91. The van der Waals surface area contributed by atoms with Crippen LogP contribution in [0.3, 0.4) is 0 Å². The molecule has 2 aromatic rings. The number of carbonyl (C=O) groups excluding carboxylic acids is 1. The largest absolute Gasteiger partial charge is 0.350 e. The van der Waals surface area contributed by atoms with Crippen LogP contribution in [0.5, 0.6) is 0 Å². The van der Waals surface area contributed by atoms with Crippen molar-refractivity contribution in [3.05, 3.63) is 34.5 Å². The van der Waals surface area contributed by atoms with Crippen LogP contribution in [0.1, 0.15) is 22.5 Å². The molecule has 1 aliphatic rings. The molecule has 0 aliphatic carbocycles. The Hall–Kier alpha value is -1.53. The van der Waals surface area contributed by atoms with Gasteiger partial charge in [0.2, 0.25) is 0 Å². The predicted octanol–water partition coefficient (Wildman–Crippen LogP) is 2.39. The molecular formula is C15H17ClN2O3S. The number of benzene rings is 1. The molecule has 118 valence electrons. The highest BCUT2D eigenvalue weighted by Crippen LogP contribution is 2.27. The maximum Gasteiger partial charge on any atom is 0.270 e. The molecule has 0 radical (unpaired) electrons. The number of H-pyrrole nitrogens is 1. The summed E-state index contributed by atoms with van der Waals surface area (Å²) in [4.78, 5) is 17.3. The number of hydrogen-bond acceptors (Lipinski definition) is 3. The number of amides is 1. The van der Waals surface area contributed by atoms with E-state index in [1.165, 1.54) is 4.90 Å². The summed E-state index contributed by atoms with van der Waals surface area (Å²) in [6, 6.07) is 5.16. The number of nitrogens with zero attached hydrogens (tertiary/aromatic N) is 1. The molecule has 0 spiro atoms. The van der Waals surface area contributed by atoms with Crippen LogP contribution in [0.25, 0.3) is 10.9 Å². The van der Waals surface area contributed by atoms with Crippen molar-refractivity contribution in [1.29, 1.82) is 0 Å². The first-order valence-corrected chi connectivity index (χ1v) is 9.24. The minimum atomic E-state index is -3.02. The van der Waals surface area contributed by atoms with E-state index in [2.05, 4.69) is 4.98 Å². The number of hydrogen-bond donors (Lipinski definition) is 1. The number of aromatic nitrogens is 1. The number of carbonyl (C=O) groups is 1. The lowest BCUT2D eigenvalue weighted by Gasteiger charge is -2.23. The van der Waals surface area contributed by atoms with Crippen molar-refractivity contribution in [2.45, 2.75) is 19.4 Å². The van der Waals surface area contributed by atoms with Gasteiger partial charge in [0, 0.05) is 29.0 Å². The van der Waals surface area contributed by atoms with Gasteiger partial charge in [-0.15, -0.1) is 0 Å². The molecule has 1 saturated heterocycles. The molecule has 22 heavy (non-hydrogen) atoms. The lowest BCUT2D eigenvalue weighted by Crippen LogP contribution is -2.38. The Morgan fingerprint density at radius 2 is 2.14 bits per heavy atom. The molecule has 7 heteroatoms. The molecular weight excluding hydrogens is 324 g/mol. The molecule has 1 N–H and O–H groups in total. The quantitative estimate of drug-likeness (QED) is 0.912. The summed E-state index contributed by atoms with van der Waals surface area (Å²) in [5, 5.41) is 1.52. The average molecular weight is 341 g/mol. The fraction of sp³-hybridized carbons (Fsp3) is 0.400. The van der Waals surface area contributed by atoms with Crippen LogP contribution in [-0.2, 0) is 9.84 Å². The number of aryl methyl sites for hydroxylation is 1. The van der Waals surface area contributed by atoms with Crippen LogP contribution in [0.15, 0.2) is 18.2 Å². The zero-order valence-electron chi connectivity index (χ0n) is 12.4. The second-order valence-corrected chi connectivity index (χ2v) is 8.45. The van der Waals surface area contributed by atoms with Gasteiger partial charge in [0.1, 0.15) is 5.69 Å². The Morgan fingerprint density at radius 1 is 1.41 bits per heavy atom. The first kappa shape index (κ1) is 15.4. The van der Waals surface area contributed by atoms with Crippen molar-refractivity contribution in [3.8, 4) is 0 Å². The third-order valence-corrected chi connectivity index (χ3v) is 6.30. The summed E-state index contributed by atoms with van der Waals surface area (Å²) in [6.07, 6.45) is 0.496. The van der Waals surface area contributed by atoms with Crippen LogP contribution in [-0.4, -0.2) is 48.8 Å². The van der Waals surface area contributed by atoms with Gasteiger partial charge in [-0.25, -0.2) is 8.42 Å². The van der Waals surface area contributed by atoms with E-state index in [0.29, 0.717) is 17.1 Å². The van der Waals surface area contributed by atoms with Crippen molar-refractivity contribution in [3.63, 3.8) is 0 Å². The van der Waals surface area contributed by atoms with Crippen molar-refractivity contribution >= 4 is 38.2 Å². The monoisotopic (exact) mass is 340 g/mol. The molecule has 1 fully saturated rings. The summed E-state index contributed by atoms with van der Waals surface area (Å²) in [7, 11) is -1.36. The van der Waals surface area contributed by atoms with E-state index in [0.717, 1.165) is 16.5 Å². The van der Waals surface area contributed by atoms with Crippen LogP contribution >= 0.6 is 11.6 Å². The smallest absolute Gasteiger partial charge is 0.270 e. The lowest BCUT2D eigenvalue weighted by molar-refractivity contribution is 0.0742. The van der Waals surface area contributed by atoms with Gasteiger partial charge in [-0.2, -0.15) is 0 Å². The minimum absolute atomic E-state index is 0.0420. The first-order chi connectivity index (χ1) is 10.3. The summed E-state index contributed by atoms with van der Waals surface area (Å²) >= 11 is 6.00. The molecule has 0 bridgehead atoms. The molecule has 5 nitrogen and oxygen atoms in total. The Labute approximate surface area is 134 Å². The van der Waals surface area contributed by atoms with E-state index in [-0.39, 0.29) is 23.5 Å². The van der Waals surface area contributed by atoms with Crippen molar-refractivity contribution in [1.82, 2.24) is 9.88 Å². The van der Waals surface area contributed by atoms with E-state index < -0.39 is 9.84 Å². The summed E-state index contributed by atoms with van der Waals surface area (Å²) < 4.78 is 23.2. The van der Waals surface area contributed by atoms with Gasteiger partial charge in [-0.05, 0) is 37.1 Å². The maximum atomic E-state index is 12.7. The van der Waals surface area contributed by atoms with E-state index in [1.807, 2.05) is 19.1 Å². The highest BCUT2D eigenvalue weighted by atomic mass is 35.5. The number of fused-ring (bicyclic) bond motifs is 1. The Balaban J connectivity index is 1.94. The third kappa shape index (κ3) is 2.61. The molecule has 0 saturated carbocycles. The fourth-order valence-electron chi connectivity index (χ4n) is 2.94. The highest BCUT2D eigenvalue weighted by Gasteiger charge is 2.33. The SMILES string of the molecule is Cc1c(C(=O)N(C)C2CCS(=O)(=O)C2)[nH]c2ccc(Cl)cc12. The van der Waals surface area contributed by atoms with Crippen LogP contribution in [0, 0.1) is 6.92 Å². The first-order valence-electron chi connectivity index (χ1n) is 7.04. The number of sulfone groups is 1. The van der Waals surface area contributed by atoms with Gasteiger partial charge >= 0.3 is 0 Å². The number of halogens is 1. The van der Waals surface area contributed by atoms with E-state index >= 15 is 0 Å². The van der Waals surface area contributed by atoms with Crippen molar-refractivity contribution in [2.24, 2.45) is 0 Å². The number of rotatable bonds is 2. The van der Waals surface area contributed by atoms with Gasteiger partial charge in [-0.1, -0.05) is 11.6 Å². The van der Waals surface area contributed by atoms with Crippen LogP contribution < -0.4 is 0 Å². The van der Waals surface area contributed by atoms with E-state index in [1.54, 1.807) is 13.1 Å². The second-order valence-electron chi connectivity index (χ2n) is 5.79. The van der Waals surface area contributed by atoms with Gasteiger partial charge in [0.25, 0.3) is 5.91 Å². The summed E-state index contributed by atoms with van der Waals surface area (Å²) in [5.74, 6) is 0.00336. The summed E-state index contributed by atoms with van der Waals surface area (Å²) in [5.41, 5.74) is 2.16. The van der Waals surface area contributed by atoms with Crippen LogP contribution in [0.2, 0.25) is 5.02 Å². The van der Waals surface area contributed by atoms with E-state index in [4.69, 9.17) is 11.6 Å². The number of aromatic amines is 1. The van der Waals surface area contributed by atoms with Gasteiger partial charge in [0.15, 0.2) is 9.84 Å². The third-order valence-electron chi connectivity index (χ3n) is 4.31. The molecule has 1 aromatic carbocycles. The molecule has 1 atom stereocenters. The molecule has 3 rings (SSSR count).